The lowest BCUT2D eigenvalue weighted by molar-refractivity contribution is -0.114. The third kappa shape index (κ3) is 11.7. The Morgan fingerprint density at radius 1 is 1.36 bits per heavy atom. The molecule has 1 amide bonds. The van der Waals surface area contributed by atoms with Crippen LogP contribution in [-0.4, -0.2) is 36.0 Å². The van der Waals surface area contributed by atoms with Crippen molar-refractivity contribution in [2.75, 3.05) is 18.4 Å². The van der Waals surface area contributed by atoms with Crippen molar-refractivity contribution >= 4 is 41.5 Å². The van der Waals surface area contributed by atoms with Crippen molar-refractivity contribution in [3.8, 4) is 0 Å². The molecule has 0 fully saturated rings. The summed E-state index contributed by atoms with van der Waals surface area (Å²) in [5.74, 6) is 0.503. The van der Waals surface area contributed by atoms with Gasteiger partial charge in [-0.05, 0) is 44.2 Å². The normalized spacial score (nSPS) is 12.8. The number of carbonyl (C=O) groups excluding carboxylic acids is 1. The van der Waals surface area contributed by atoms with Gasteiger partial charge in [-0.3, -0.25) is 9.78 Å². The first kappa shape index (κ1) is 23.6. The van der Waals surface area contributed by atoms with E-state index in [0.717, 1.165) is 19.4 Å². The van der Waals surface area contributed by atoms with E-state index in [2.05, 4.69) is 53.6 Å². The molecule has 25 heavy (non-hydrogen) atoms. The first-order valence-corrected chi connectivity index (χ1v) is 8.55. The van der Waals surface area contributed by atoms with E-state index >= 15 is 0 Å². The Hall–Kier alpha value is -1.38. The van der Waals surface area contributed by atoms with E-state index < -0.39 is 0 Å². The second kappa shape index (κ2) is 12.1. The number of hydrogen-bond donors (Lipinski definition) is 3. The van der Waals surface area contributed by atoms with Crippen molar-refractivity contribution in [2.24, 2.45) is 10.4 Å². The van der Waals surface area contributed by atoms with E-state index in [0.29, 0.717) is 23.1 Å². The summed E-state index contributed by atoms with van der Waals surface area (Å²) in [7, 11) is 0. The molecule has 6 nitrogen and oxygen atoms in total. The van der Waals surface area contributed by atoms with Gasteiger partial charge in [-0.15, -0.1) is 24.0 Å². The number of rotatable bonds is 7. The molecule has 142 valence electrons. The highest BCUT2D eigenvalue weighted by Crippen LogP contribution is 2.21. The molecule has 0 saturated heterocycles. The maximum atomic E-state index is 12.0. The second-order valence-electron chi connectivity index (χ2n) is 7.13. The third-order valence-corrected chi connectivity index (χ3v) is 3.38. The Balaban J connectivity index is 0.00000576. The number of guanidine groups is 1. The van der Waals surface area contributed by atoms with Crippen LogP contribution in [0.4, 0.5) is 5.69 Å². The molecule has 0 aromatic carbocycles. The van der Waals surface area contributed by atoms with Crippen LogP contribution >= 0.6 is 24.0 Å². The molecule has 1 heterocycles. The summed E-state index contributed by atoms with van der Waals surface area (Å²) in [6.45, 7) is 11.7. The first-order valence-electron chi connectivity index (χ1n) is 8.55. The van der Waals surface area contributed by atoms with Gasteiger partial charge in [0, 0.05) is 18.8 Å². The lowest BCUT2D eigenvalue weighted by atomic mass is 9.89. The van der Waals surface area contributed by atoms with Crippen molar-refractivity contribution < 1.29 is 4.79 Å². The summed E-state index contributed by atoms with van der Waals surface area (Å²) >= 11 is 0. The Morgan fingerprint density at radius 2 is 2.08 bits per heavy atom. The number of pyridine rings is 1. The van der Waals surface area contributed by atoms with Crippen LogP contribution in [0.25, 0.3) is 0 Å². The van der Waals surface area contributed by atoms with Gasteiger partial charge >= 0.3 is 0 Å². The summed E-state index contributed by atoms with van der Waals surface area (Å²) in [5.41, 5.74) is 0.990. The smallest absolute Gasteiger partial charge is 0.246 e. The molecule has 1 aromatic heterocycles. The summed E-state index contributed by atoms with van der Waals surface area (Å²) in [6.07, 6.45) is 5.46. The fourth-order valence-electron chi connectivity index (χ4n) is 2.06. The van der Waals surface area contributed by atoms with Gasteiger partial charge in [0.25, 0.3) is 0 Å². The van der Waals surface area contributed by atoms with Gasteiger partial charge in [-0.25, -0.2) is 4.99 Å². The number of nitrogens with zero attached hydrogens (tertiary/aromatic N) is 2. The van der Waals surface area contributed by atoms with Crippen molar-refractivity contribution in [1.29, 1.82) is 0 Å². The highest BCUT2D eigenvalue weighted by Gasteiger charge is 2.13. The molecule has 7 heteroatoms. The van der Waals surface area contributed by atoms with Gasteiger partial charge in [0.2, 0.25) is 5.91 Å². The number of hydrogen-bond acceptors (Lipinski definition) is 3. The van der Waals surface area contributed by atoms with E-state index in [1.165, 1.54) is 0 Å². The minimum atomic E-state index is -0.164. The zero-order chi connectivity index (χ0) is 18.0. The molecular weight excluding hydrogens is 429 g/mol. The van der Waals surface area contributed by atoms with Crippen LogP contribution < -0.4 is 16.0 Å². The van der Waals surface area contributed by atoms with Crippen molar-refractivity contribution in [2.45, 2.75) is 53.5 Å². The van der Waals surface area contributed by atoms with Gasteiger partial charge in [-0.2, -0.15) is 0 Å². The molecule has 0 aliphatic heterocycles. The highest BCUT2D eigenvalue weighted by molar-refractivity contribution is 14.0. The number of aliphatic imine (C=N–C) groups is 1. The summed E-state index contributed by atoms with van der Waals surface area (Å²) in [5, 5.41) is 9.31. The quantitative estimate of drug-likeness (QED) is 0.331. The van der Waals surface area contributed by atoms with Crippen LogP contribution in [0.2, 0.25) is 0 Å². The Bertz CT molecular complexity index is 528. The van der Waals surface area contributed by atoms with E-state index in [4.69, 9.17) is 0 Å². The fourth-order valence-corrected chi connectivity index (χ4v) is 2.06. The van der Waals surface area contributed by atoms with Crippen LogP contribution in [0.1, 0.15) is 47.5 Å². The molecule has 0 aliphatic carbocycles. The zero-order valence-electron chi connectivity index (χ0n) is 15.9. The molecule has 0 bridgehead atoms. The minimum Gasteiger partial charge on any atom is -0.357 e. The Kier molecular flexibility index (Phi) is 11.4. The Labute approximate surface area is 168 Å². The summed E-state index contributed by atoms with van der Waals surface area (Å²) < 4.78 is 0. The third-order valence-electron chi connectivity index (χ3n) is 3.38. The molecule has 1 atom stereocenters. The summed E-state index contributed by atoms with van der Waals surface area (Å²) in [6, 6.07) is 3.87. The maximum absolute atomic E-state index is 12.0. The monoisotopic (exact) mass is 461 g/mol. The van der Waals surface area contributed by atoms with Crippen molar-refractivity contribution in [1.82, 2.24) is 15.6 Å². The largest absolute Gasteiger partial charge is 0.357 e. The molecule has 0 saturated carbocycles. The zero-order valence-corrected chi connectivity index (χ0v) is 18.3. The van der Waals surface area contributed by atoms with Crippen LogP contribution in [-0.2, 0) is 4.79 Å². The van der Waals surface area contributed by atoms with E-state index in [1.807, 2.05) is 6.92 Å². The highest BCUT2D eigenvalue weighted by atomic mass is 127. The molecule has 1 rings (SSSR count). The van der Waals surface area contributed by atoms with E-state index in [-0.39, 0.29) is 36.4 Å². The van der Waals surface area contributed by atoms with Gasteiger partial charge in [0.15, 0.2) is 5.96 Å². The number of anilines is 1. The Morgan fingerprint density at radius 3 is 2.64 bits per heavy atom. The van der Waals surface area contributed by atoms with Gasteiger partial charge in [0.05, 0.1) is 11.9 Å². The van der Waals surface area contributed by atoms with Crippen LogP contribution in [0, 0.1) is 5.41 Å². The number of aromatic nitrogens is 1. The second-order valence-corrected chi connectivity index (χ2v) is 7.13. The lowest BCUT2D eigenvalue weighted by Crippen LogP contribution is -2.43. The van der Waals surface area contributed by atoms with Crippen LogP contribution in [0.5, 0.6) is 0 Å². The predicted octanol–water partition coefficient (Wildman–Crippen LogP) is 3.41. The van der Waals surface area contributed by atoms with E-state index in [9.17, 15) is 4.79 Å². The number of amides is 1. The topological polar surface area (TPSA) is 78.4 Å². The lowest BCUT2D eigenvalue weighted by Gasteiger charge is -2.23. The average Bonchev–Trinajstić information content (AvgIpc) is 2.51. The number of halogens is 1. The maximum Gasteiger partial charge on any atom is 0.246 e. The molecule has 0 spiro atoms. The van der Waals surface area contributed by atoms with Gasteiger partial charge in [-0.1, -0.05) is 20.8 Å². The summed E-state index contributed by atoms with van der Waals surface area (Å²) in [4.78, 5) is 20.3. The SMILES string of the molecule is CCNC(=NCC(=O)Nc1cccnc1)NC(C)CCC(C)(C)C.I. The average molecular weight is 461 g/mol. The van der Waals surface area contributed by atoms with Crippen molar-refractivity contribution in [3.05, 3.63) is 24.5 Å². The van der Waals surface area contributed by atoms with Gasteiger partial charge < -0.3 is 16.0 Å². The van der Waals surface area contributed by atoms with Crippen LogP contribution in [0.3, 0.4) is 0 Å². The standard InChI is InChI=1S/C18H31N5O.HI/c1-6-20-17(22-14(2)9-10-18(3,4)5)21-13-16(24)23-15-8-7-11-19-12-15;/h7-8,11-12,14H,6,9-10,13H2,1-5H3,(H,23,24)(H2,20,21,22);1H. The fraction of sp³-hybridized carbons (Fsp3) is 0.611. The number of carbonyl (C=O) groups is 1. The first-order chi connectivity index (χ1) is 11.3. The van der Waals surface area contributed by atoms with Crippen molar-refractivity contribution in [3.63, 3.8) is 0 Å². The molecule has 1 unspecified atom stereocenters. The number of nitrogens with one attached hydrogen (secondary N) is 3. The molecule has 0 aliphatic rings. The molecule has 3 N–H and O–H groups in total. The molecular formula is C18H32IN5O. The van der Waals surface area contributed by atoms with Crippen LogP contribution in [0.15, 0.2) is 29.5 Å². The molecule has 1 aromatic rings. The molecule has 0 radical (unpaired) electrons. The van der Waals surface area contributed by atoms with E-state index in [1.54, 1.807) is 24.5 Å². The van der Waals surface area contributed by atoms with Gasteiger partial charge in [0.1, 0.15) is 6.54 Å². The minimum absolute atomic E-state index is 0. The predicted molar refractivity (Wildman–Crippen MR) is 116 cm³/mol.